The van der Waals surface area contributed by atoms with E-state index in [-0.39, 0.29) is 11.4 Å². The van der Waals surface area contributed by atoms with Crippen LogP contribution in [0.15, 0.2) is 30.7 Å². The van der Waals surface area contributed by atoms with E-state index >= 15 is 0 Å². The van der Waals surface area contributed by atoms with Crippen LogP contribution in [0.5, 0.6) is 0 Å². The molecule has 23 heavy (non-hydrogen) atoms. The minimum atomic E-state index is 0.238. The molecule has 0 amide bonds. The second-order valence-corrected chi connectivity index (χ2v) is 4.79. The van der Waals surface area contributed by atoms with E-state index in [9.17, 15) is 5.26 Å². The van der Waals surface area contributed by atoms with Crippen molar-refractivity contribution in [2.75, 3.05) is 5.32 Å². The normalized spacial score (nSPS) is 11.3. The molecule has 114 valence electrons. The molecule has 0 saturated carbocycles. The number of nitrogens with zero attached hydrogens (tertiary/aromatic N) is 7. The van der Waals surface area contributed by atoms with Crippen LogP contribution in [-0.2, 0) is 7.05 Å². The molecule has 0 bridgehead atoms. The van der Waals surface area contributed by atoms with Crippen molar-refractivity contribution >= 4 is 11.3 Å². The molecule has 2 aromatic heterocycles. The van der Waals surface area contributed by atoms with Crippen molar-refractivity contribution in [1.29, 1.82) is 5.26 Å². The van der Waals surface area contributed by atoms with Gasteiger partial charge in [-0.05, 0) is 23.8 Å². The van der Waals surface area contributed by atoms with Crippen LogP contribution in [0.3, 0.4) is 0 Å². The Kier molecular flexibility index (Phi) is 3.80. The van der Waals surface area contributed by atoms with Gasteiger partial charge in [-0.25, -0.2) is 0 Å². The summed E-state index contributed by atoms with van der Waals surface area (Å²) in [5.74, 6) is 1.01. The topological polar surface area (TPSA) is 121 Å². The van der Waals surface area contributed by atoms with Gasteiger partial charge in [0.15, 0.2) is 5.82 Å². The zero-order valence-electron chi connectivity index (χ0n) is 12.5. The molecule has 0 atom stereocenters. The molecule has 9 nitrogen and oxygen atoms in total. The Bertz CT molecular complexity index is 883. The van der Waals surface area contributed by atoms with Gasteiger partial charge in [-0.3, -0.25) is 0 Å². The molecular weight excluding hydrogens is 294 g/mol. The number of aromatic nitrogens is 7. The summed E-state index contributed by atoms with van der Waals surface area (Å²) in [7, 11) is 1.89. The number of benzene rings is 1. The smallest absolute Gasteiger partial charge is 0.216 e. The number of hydrogen-bond donors (Lipinski definition) is 2. The van der Waals surface area contributed by atoms with Crippen molar-refractivity contribution in [1.82, 2.24) is 35.4 Å². The van der Waals surface area contributed by atoms with Crippen molar-refractivity contribution < 1.29 is 0 Å². The first-order valence-electron chi connectivity index (χ1n) is 6.75. The fraction of sp³-hybridized carbons (Fsp3) is 0.143. The van der Waals surface area contributed by atoms with Crippen LogP contribution < -0.4 is 5.32 Å². The van der Waals surface area contributed by atoms with Gasteiger partial charge in [0.2, 0.25) is 5.82 Å². The van der Waals surface area contributed by atoms with Crippen molar-refractivity contribution in [3.8, 4) is 17.5 Å². The van der Waals surface area contributed by atoms with Crippen LogP contribution >= 0.6 is 0 Å². The summed E-state index contributed by atoms with van der Waals surface area (Å²) >= 11 is 0. The lowest BCUT2D eigenvalue weighted by molar-refractivity contribution is 0.881. The Labute approximate surface area is 131 Å². The van der Waals surface area contributed by atoms with Crippen molar-refractivity contribution in [3.63, 3.8) is 0 Å². The number of hydrogen-bond acceptors (Lipinski definition) is 7. The highest BCUT2D eigenvalue weighted by molar-refractivity contribution is 5.76. The van der Waals surface area contributed by atoms with Crippen LogP contribution in [-0.4, -0.2) is 35.4 Å². The number of nitrogens with one attached hydrogen (secondary N) is 2. The van der Waals surface area contributed by atoms with Gasteiger partial charge in [-0.15, -0.1) is 20.4 Å². The molecule has 0 aliphatic carbocycles. The molecule has 0 unspecified atom stereocenters. The third-order valence-electron chi connectivity index (χ3n) is 3.36. The average molecular weight is 307 g/mol. The van der Waals surface area contributed by atoms with E-state index in [0.29, 0.717) is 0 Å². The van der Waals surface area contributed by atoms with Crippen molar-refractivity contribution in [3.05, 3.63) is 42.1 Å². The van der Waals surface area contributed by atoms with Gasteiger partial charge >= 0.3 is 0 Å². The number of aromatic amines is 1. The van der Waals surface area contributed by atoms with Crippen LogP contribution in [0.4, 0.5) is 5.69 Å². The first-order chi connectivity index (χ1) is 11.2. The minimum absolute atomic E-state index is 0.238. The number of rotatable bonds is 4. The maximum absolute atomic E-state index is 9.18. The van der Waals surface area contributed by atoms with E-state index in [1.807, 2.05) is 42.8 Å². The molecule has 0 aliphatic heterocycles. The molecule has 1 aromatic carbocycles. The van der Waals surface area contributed by atoms with Gasteiger partial charge < -0.3 is 9.88 Å². The molecule has 0 saturated heterocycles. The van der Waals surface area contributed by atoms with Gasteiger partial charge in [-0.1, -0.05) is 12.1 Å². The van der Waals surface area contributed by atoms with Crippen LogP contribution in [0.25, 0.3) is 17.0 Å². The maximum Gasteiger partial charge on any atom is 0.216 e. The van der Waals surface area contributed by atoms with E-state index in [4.69, 9.17) is 0 Å². The summed E-state index contributed by atoms with van der Waals surface area (Å²) < 4.78 is 1.85. The molecule has 2 heterocycles. The highest BCUT2D eigenvalue weighted by Gasteiger charge is 2.11. The standard InChI is InChI=1S/C14H13N9/c1-9-11(14-20-17-8-23(14)2)4-3-5-12(9)16-7-10(6-15)13-18-21-22-19-13/h3-5,7-8,16H,1-2H3,(H,18,19,21,22). The number of H-pyrrole nitrogens is 1. The third kappa shape index (κ3) is 2.77. The lowest BCUT2D eigenvalue weighted by atomic mass is 10.1. The molecule has 9 heteroatoms. The molecule has 3 rings (SSSR count). The Balaban J connectivity index is 1.93. The molecule has 0 spiro atoms. The van der Waals surface area contributed by atoms with Gasteiger partial charge in [-0.2, -0.15) is 10.5 Å². The quantitative estimate of drug-likeness (QED) is 0.696. The monoisotopic (exact) mass is 307 g/mol. The van der Waals surface area contributed by atoms with Gasteiger partial charge in [0.25, 0.3) is 0 Å². The SMILES string of the molecule is Cc1c(NC=C(C#N)c2nn[nH]n2)cccc1-c1nncn1C. The van der Waals surface area contributed by atoms with E-state index < -0.39 is 0 Å². The van der Waals surface area contributed by atoms with Crippen molar-refractivity contribution in [2.24, 2.45) is 7.05 Å². The Morgan fingerprint density at radius 2 is 2.26 bits per heavy atom. The van der Waals surface area contributed by atoms with E-state index in [1.54, 1.807) is 12.5 Å². The highest BCUT2D eigenvalue weighted by atomic mass is 15.5. The van der Waals surface area contributed by atoms with Gasteiger partial charge in [0, 0.05) is 24.5 Å². The Morgan fingerprint density at radius 1 is 1.39 bits per heavy atom. The summed E-state index contributed by atoms with van der Waals surface area (Å²) in [6.45, 7) is 1.97. The van der Waals surface area contributed by atoms with E-state index in [1.165, 1.54) is 0 Å². The second kappa shape index (κ2) is 6.07. The first kappa shape index (κ1) is 14.4. The molecule has 0 aliphatic rings. The fourth-order valence-electron chi connectivity index (χ4n) is 2.13. The second-order valence-electron chi connectivity index (χ2n) is 4.79. The van der Waals surface area contributed by atoms with Gasteiger partial charge in [0.1, 0.15) is 18.0 Å². The minimum Gasteiger partial charge on any atom is -0.360 e. The molecular formula is C14H13N9. The lowest BCUT2D eigenvalue weighted by Crippen LogP contribution is -1.98. The molecule has 2 N–H and O–H groups in total. The van der Waals surface area contributed by atoms with Crippen molar-refractivity contribution in [2.45, 2.75) is 6.92 Å². The third-order valence-corrected chi connectivity index (χ3v) is 3.36. The van der Waals surface area contributed by atoms with Crippen LogP contribution in [0, 0.1) is 18.3 Å². The Hall–Kier alpha value is -3.54. The summed E-state index contributed by atoms with van der Waals surface area (Å²) in [6.07, 6.45) is 3.20. The first-order valence-corrected chi connectivity index (χ1v) is 6.75. The zero-order chi connectivity index (χ0) is 16.2. The van der Waals surface area contributed by atoms with Crippen LogP contribution in [0.2, 0.25) is 0 Å². The summed E-state index contributed by atoms with van der Waals surface area (Å²) in [5, 5.41) is 33.7. The van der Waals surface area contributed by atoms with Gasteiger partial charge in [0.05, 0.1) is 0 Å². The zero-order valence-corrected chi connectivity index (χ0v) is 12.5. The number of aryl methyl sites for hydroxylation is 1. The number of anilines is 1. The van der Waals surface area contributed by atoms with E-state index in [0.717, 1.165) is 22.6 Å². The average Bonchev–Trinajstić information content (AvgIpc) is 3.21. The predicted molar refractivity (Wildman–Crippen MR) is 82.6 cm³/mol. The molecule has 0 fully saturated rings. The summed E-state index contributed by atoms with van der Waals surface area (Å²) in [6, 6.07) is 7.83. The molecule has 0 radical (unpaired) electrons. The summed E-state index contributed by atoms with van der Waals surface area (Å²) in [5.41, 5.74) is 3.08. The number of nitriles is 1. The summed E-state index contributed by atoms with van der Waals surface area (Å²) in [4.78, 5) is 0. The highest BCUT2D eigenvalue weighted by Crippen LogP contribution is 2.27. The lowest BCUT2D eigenvalue weighted by Gasteiger charge is -2.10. The number of tetrazole rings is 1. The largest absolute Gasteiger partial charge is 0.360 e. The molecule has 3 aromatic rings. The Morgan fingerprint density at radius 3 is 2.91 bits per heavy atom. The number of allylic oxidation sites excluding steroid dienone is 1. The predicted octanol–water partition coefficient (Wildman–Crippen LogP) is 1.28. The fourth-order valence-corrected chi connectivity index (χ4v) is 2.13. The van der Waals surface area contributed by atoms with Crippen LogP contribution in [0.1, 0.15) is 11.4 Å². The van der Waals surface area contributed by atoms with E-state index in [2.05, 4.69) is 36.1 Å². The maximum atomic E-state index is 9.18.